The monoisotopic (exact) mass is 515 g/mol. The molecule has 3 rings (SSSR count). The van der Waals surface area contributed by atoms with E-state index in [1.54, 1.807) is 6.07 Å². The molecule has 0 N–H and O–H groups in total. The molecule has 0 saturated heterocycles. The molecule has 2 heteroatoms. The largest absolute Gasteiger partial charge is 0.236 e. The number of hydrogen-bond acceptors (Lipinski definition) is 0. The Labute approximate surface area is 198 Å². The summed E-state index contributed by atoms with van der Waals surface area (Å²) >= 11 is 0. The molecule has 0 nitrogen and oxygen atoms in total. The third kappa shape index (κ3) is 6.78. The molecule has 0 atom stereocenters. The van der Waals surface area contributed by atoms with Gasteiger partial charge in [0.25, 0.3) is 0 Å². The third-order valence-corrected chi connectivity index (χ3v) is 6.71. The van der Waals surface area contributed by atoms with Crippen molar-refractivity contribution in [1.82, 2.24) is 0 Å². The zero-order valence-electron chi connectivity index (χ0n) is 16.3. The van der Waals surface area contributed by atoms with Gasteiger partial charge in [0, 0.05) is 52.7 Å². The number of halogens is 1. The van der Waals surface area contributed by atoms with Crippen LogP contribution in [0.25, 0.3) is 0 Å². The van der Waals surface area contributed by atoms with E-state index in [2.05, 4.69) is 31.2 Å². The summed E-state index contributed by atoms with van der Waals surface area (Å²) in [5.41, 5.74) is 2.07. The van der Waals surface area contributed by atoms with Gasteiger partial charge in [0.2, 0.25) is 0 Å². The Balaban J connectivity index is 0.00000243. The second kappa shape index (κ2) is 11.4. The Bertz CT molecular complexity index is 543. The van der Waals surface area contributed by atoms with Gasteiger partial charge in [-0.1, -0.05) is 38.3 Å². The minimum absolute atomic E-state index is 0. The standard InChI is InChI=1S/C24H34F.Yb/c1-3-4-19-7-11-22(12-8-19)23-13-9-20(10-14-23)5-6-21-15-18(2)16-24(25)17-21;/h3-4,15,17,19-20,22-23H,5-14H2,1-2H3;/q-1;/b4-3+;. The van der Waals surface area contributed by atoms with Crippen LogP contribution in [-0.2, 0) is 6.42 Å². The van der Waals surface area contributed by atoms with Crippen molar-refractivity contribution >= 4 is 0 Å². The van der Waals surface area contributed by atoms with E-state index in [4.69, 9.17) is 0 Å². The molecular weight excluding hydrogens is 480 g/mol. The summed E-state index contributed by atoms with van der Waals surface area (Å²) in [6.45, 7) is 4.08. The first kappa shape index (κ1) is 22.7. The maximum Gasteiger partial charge on any atom is 0.0114 e. The minimum Gasteiger partial charge on any atom is -0.236 e. The fraction of sp³-hybridized carbons (Fsp3) is 0.667. The molecule has 152 valence electrons. The molecule has 2 aliphatic rings. The van der Waals surface area contributed by atoms with E-state index in [0.717, 1.165) is 41.2 Å². The SMILES string of the molecule is C/C=C/C1CCC(C2CCC(CCc3cc(C)[c-]c(F)c3)CC2)CC1.[Yb]. The van der Waals surface area contributed by atoms with Crippen LogP contribution < -0.4 is 0 Å². The summed E-state index contributed by atoms with van der Waals surface area (Å²) in [4.78, 5) is 0. The average molecular weight is 515 g/mol. The Morgan fingerprint density at radius 1 is 1.00 bits per heavy atom. The van der Waals surface area contributed by atoms with Gasteiger partial charge in [-0.25, -0.2) is 4.39 Å². The van der Waals surface area contributed by atoms with Crippen molar-refractivity contribution in [3.05, 3.63) is 47.3 Å². The molecule has 0 radical (unpaired) electrons. The van der Waals surface area contributed by atoms with Crippen LogP contribution in [0.5, 0.6) is 0 Å². The second-order valence-corrected chi connectivity index (χ2v) is 8.54. The molecule has 0 spiro atoms. The van der Waals surface area contributed by atoms with Gasteiger partial charge in [-0.3, -0.25) is 0 Å². The van der Waals surface area contributed by atoms with Gasteiger partial charge in [-0.2, -0.15) is 17.2 Å². The van der Waals surface area contributed by atoms with Crippen LogP contribution >= 0.6 is 0 Å². The molecule has 26 heavy (non-hydrogen) atoms. The number of benzene rings is 1. The number of aryl methyl sites for hydroxylation is 2. The van der Waals surface area contributed by atoms with Gasteiger partial charge in [-0.05, 0) is 75.5 Å². The summed E-state index contributed by atoms with van der Waals surface area (Å²) in [6, 6.07) is 6.49. The van der Waals surface area contributed by atoms with Crippen LogP contribution in [0.15, 0.2) is 24.3 Å². The second-order valence-electron chi connectivity index (χ2n) is 8.54. The smallest absolute Gasteiger partial charge is 0.0114 e. The minimum atomic E-state index is -0.202. The summed E-state index contributed by atoms with van der Waals surface area (Å²) in [7, 11) is 0. The van der Waals surface area contributed by atoms with E-state index in [9.17, 15) is 4.39 Å². The van der Waals surface area contributed by atoms with Crippen molar-refractivity contribution in [2.75, 3.05) is 0 Å². The molecule has 0 unspecified atom stereocenters. The maximum atomic E-state index is 13.5. The Kier molecular flexibility index (Phi) is 9.97. The molecule has 0 bridgehead atoms. The molecule has 0 heterocycles. The maximum absolute atomic E-state index is 13.5. The van der Waals surface area contributed by atoms with Crippen LogP contribution in [0.2, 0.25) is 0 Å². The zero-order valence-corrected chi connectivity index (χ0v) is 18.0. The molecule has 2 saturated carbocycles. The van der Waals surface area contributed by atoms with E-state index >= 15 is 0 Å². The van der Waals surface area contributed by atoms with Crippen LogP contribution in [-0.4, -0.2) is 0 Å². The first-order valence-electron chi connectivity index (χ1n) is 10.4. The number of rotatable bonds is 5. The number of hydrogen-bond donors (Lipinski definition) is 0. The summed E-state index contributed by atoms with van der Waals surface area (Å²) in [5.74, 6) is 3.47. The molecule has 1 aromatic rings. The average Bonchev–Trinajstić information content (AvgIpc) is 2.61. The van der Waals surface area contributed by atoms with Crippen LogP contribution in [0.1, 0.15) is 75.8 Å². The van der Waals surface area contributed by atoms with Gasteiger partial charge in [0.05, 0.1) is 0 Å². The molecule has 0 aromatic heterocycles. The fourth-order valence-corrected chi connectivity index (χ4v) is 5.29. The third-order valence-electron chi connectivity index (χ3n) is 6.71. The summed E-state index contributed by atoms with van der Waals surface area (Å²) in [5, 5.41) is 0. The Morgan fingerprint density at radius 3 is 2.19 bits per heavy atom. The predicted octanol–water partition coefficient (Wildman–Crippen LogP) is 7.06. The van der Waals surface area contributed by atoms with Gasteiger partial charge in [-0.15, -0.1) is 12.1 Å². The zero-order chi connectivity index (χ0) is 17.6. The predicted molar refractivity (Wildman–Crippen MR) is 104 cm³/mol. The van der Waals surface area contributed by atoms with Crippen molar-refractivity contribution in [1.29, 1.82) is 0 Å². The molecule has 1 aromatic carbocycles. The molecule has 2 fully saturated rings. The summed E-state index contributed by atoms with van der Waals surface area (Å²) < 4.78 is 13.5. The summed E-state index contributed by atoms with van der Waals surface area (Å²) in [6.07, 6.45) is 18.2. The molecule has 0 amide bonds. The normalized spacial score (nSPS) is 29.5. The van der Waals surface area contributed by atoms with Crippen molar-refractivity contribution in [3.8, 4) is 0 Å². The van der Waals surface area contributed by atoms with Crippen LogP contribution in [0.4, 0.5) is 4.39 Å². The molecule has 0 aliphatic heterocycles. The topological polar surface area (TPSA) is 0 Å². The van der Waals surface area contributed by atoms with Gasteiger partial charge in [0.15, 0.2) is 0 Å². The van der Waals surface area contributed by atoms with Gasteiger partial charge < -0.3 is 0 Å². The fourth-order valence-electron chi connectivity index (χ4n) is 5.29. The van der Waals surface area contributed by atoms with Crippen LogP contribution in [0, 0.1) is 89.4 Å². The first-order valence-corrected chi connectivity index (χ1v) is 10.4. The van der Waals surface area contributed by atoms with E-state index < -0.39 is 0 Å². The Morgan fingerprint density at radius 2 is 1.62 bits per heavy atom. The van der Waals surface area contributed by atoms with E-state index in [1.165, 1.54) is 57.8 Å². The van der Waals surface area contributed by atoms with Crippen molar-refractivity contribution in [2.45, 2.75) is 78.1 Å². The quantitative estimate of drug-likeness (QED) is 0.292. The molecule has 2 aliphatic carbocycles. The molecular formula is C24H34FYb-. The number of allylic oxidation sites excluding steroid dienone is 2. The van der Waals surface area contributed by atoms with Gasteiger partial charge in [0.1, 0.15) is 0 Å². The van der Waals surface area contributed by atoms with Gasteiger partial charge >= 0.3 is 0 Å². The van der Waals surface area contributed by atoms with Crippen molar-refractivity contribution in [2.24, 2.45) is 23.7 Å². The van der Waals surface area contributed by atoms with Crippen molar-refractivity contribution < 1.29 is 51.3 Å². The first-order chi connectivity index (χ1) is 12.1. The van der Waals surface area contributed by atoms with Crippen molar-refractivity contribution in [3.63, 3.8) is 0 Å². The Hall–Kier alpha value is 0.409. The van der Waals surface area contributed by atoms with Crippen LogP contribution in [0.3, 0.4) is 0 Å². The van der Waals surface area contributed by atoms with E-state index in [-0.39, 0.29) is 52.7 Å². The van der Waals surface area contributed by atoms with E-state index in [0.29, 0.717) is 0 Å². The van der Waals surface area contributed by atoms with E-state index in [1.807, 2.05) is 6.92 Å².